The minimum Gasteiger partial charge on any atom is -0.264 e. The predicted molar refractivity (Wildman–Crippen MR) is 229 cm³/mol. The average molecular weight is 729 g/mol. The number of pyridine rings is 3. The average Bonchev–Trinajstić information content (AvgIpc) is 3.59. The van der Waals surface area contributed by atoms with Crippen molar-refractivity contribution in [3.05, 3.63) is 200 Å². The Morgan fingerprint density at radius 2 is 1.23 bits per heavy atom. The molecule has 6 heteroatoms. The fourth-order valence-electron chi connectivity index (χ4n) is 7.26. The minimum absolute atomic E-state index is 0.656. The molecule has 0 N–H and O–H groups in total. The predicted octanol–water partition coefficient (Wildman–Crippen LogP) is 11.9. The molecular formula is C51H32N6. The summed E-state index contributed by atoms with van der Waals surface area (Å²) in [6.07, 6.45) is 19.6. The molecule has 9 aromatic rings. The van der Waals surface area contributed by atoms with E-state index >= 15 is 0 Å². The van der Waals surface area contributed by atoms with Crippen LogP contribution in [0, 0.1) is 12.3 Å². The minimum atomic E-state index is 0.656. The Balaban J connectivity index is 1.08. The number of allylic oxidation sites excluding steroid dienone is 6. The summed E-state index contributed by atoms with van der Waals surface area (Å²) in [4.78, 5) is 29.3. The fourth-order valence-corrected chi connectivity index (χ4v) is 7.26. The summed E-state index contributed by atoms with van der Waals surface area (Å²) in [5.74, 6) is 0.656. The number of benzene rings is 4. The zero-order valence-electron chi connectivity index (χ0n) is 30.7. The van der Waals surface area contributed by atoms with Gasteiger partial charge in [-0.3, -0.25) is 4.98 Å². The van der Waals surface area contributed by atoms with Crippen LogP contribution < -0.4 is 0 Å². The number of hydrogen-bond acceptors (Lipinski definition) is 6. The molecule has 0 spiro atoms. The molecule has 1 aliphatic carbocycles. The highest BCUT2D eigenvalue weighted by Gasteiger charge is 2.16. The number of nitrogens with zero attached hydrogens (tertiary/aromatic N) is 6. The Morgan fingerprint density at radius 3 is 2.02 bits per heavy atom. The third-order valence-corrected chi connectivity index (χ3v) is 10.2. The Labute approximate surface area is 330 Å². The van der Waals surface area contributed by atoms with Gasteiger partial charge in [0, 0.05) is 69.4 Å². The maximum absolute atomic E-state index is 5.30. The van der Waals surface area contributed by atoms with Gasteiger partial charge in [0.2, 0.25) is 0 Å². The third-order valence-electron chi connectivity index (χ3n) is 10.2. The van der Waals surface area contributed by atoms with Crippen molar-refractivity contribution in [3.8, 4) is 67.4 Å². The lowest BCUT2D eigenvalue weighted by atomic mass is 9.97. The fraction of sp³-hybridized carbons (Fsp3) is 0.0196. The van der Waals surface area contributed by atoms with Crippen LogP contribution in [0.5, 0.6) is 0 Å². The first kappa shape index (κ1) is 33.7. The van der Waals surface area contributed by atoms with Crippen LogP contribution in [0.3, 0.4) is 0 Å². The van der Waals surface area contributed by atoms with Gasteiger partial charge in [0.05, 0.1) is 33.8 Å². The maximum Gasteiger partial charge on any atom is 0.160 e. The van der Waals surface area contributed by atoms with Gasteiger partial charge in [-0.05, 0) is 59.0 Å². The first-order chi connectivity index (χ1) is 28.2. The Bertz CT molecular complexity index is 2990. The first-order valence-corrected chi connectivity index (χ1v) is 18.8. The van der Waals surface area contributed by atoms with Crippen molar-refractivity contribution in [1.82, 2.24) is 29.9 Å². The largest absolute Gasteiger partial charge is 0.264 e. The first-order valence-electron chi connectivity index (χ1n) is 18.8. The van der Waals surface area contributed by atoms with Crippen molar-refractivity contribution in [1.29, 1.82) is 0 Å². The Kier molecular flexibility index (Phi) is 8.71. The molecule has 0 unspecified atom stereocenters. The second kappa shape index (κ2) is 14.7. The molecule has 4 aromatic carbocycles. The third kappa shape index (κ3) is 6.75. The topological polar surface area (TPSA) is 77.3 Å². The van der Waals surface area contributed by atoms with E-state index in [1.807, 2.05) is 30.5 Å². The van der Waals surface area contributed by atoms with E-state index in [2.05, 4.69) is 162 Å². The molecule has 6 nitrogen and oxygen atoms in total. The van der Waals surface area contributed by atoms with E-state index in [9.17, 15) is 0 Å². The molecule has 0 saturated heterocycles. The summed E-state index contributed by atoms with van der Waals surface area (Å²) < 4.78 is 0. The smallest absolute Gasteiger partial charge is 0.160 e. The lowest BCUT2D eigenvalue weighted by Gasteiger charge is -2.13. The van der Waals surface area contributed by atoms with Gasteiger partial charge in [-0.2, -0.15) is 0 Å². The van der Waals surface area contributed by atoms with Gasteiger partial charge in [0.25, 0.3) is 0 Å². The molecule has 5 aromatic heterocycles. The summed E-state index contributed by atoms with van der Waals surface area (Å²) in [6, 6.07) is 48.7. The molecule has 0 amide bonds. The van der Waals surface area contributed by atoms with Crippen LogP contribution >= 0.6 is 0 Å². The molecule has 57 heavy (non-hydrogen) atoms. The molecule has 266 valence electrons. The summed E-state index contributed by atoms with van der Waals surface area (Å²) in [5, 5.41) is 2.00. The van der Waals surface area contributed by atoms with Crippen molar-refractivity contribution in [3.63, 3.8) is 0 Å². The Morgan fingerprint density at radius 1 is 0.509 bits per heavy atom. The second-order valence-electron chi connectivity index (χ2n) is 13.8. The molecule has 0 aliphatic heterocycles. The van der Waals surface area contributed by atoms with E-state index in [1.165, 1.54) is 5.56 Å². The highest BCUT2D eigenvalue weighted by atomic mass is 14.9. The van der Waals surface area contributed by atoms with Gasteiger partial charge in [-0.15, -0.1) is 0 Å². The van der Waals surface area contributed by atoms with E-state index in [0.717, 1.165) is 95.5 Å². The lowest BCUT2D eigenvalue weighted by molar-refractivity contribution is 1.15. The van der Waals surface area contributed by atoms with E-state index in [4.69, 9.17) is 19.9 Å². The van der Waals surface area contributed by atoms with Gasteiger partial charge in [-0.1, -0.05) is 134 Å². The SMILES string of the molecule is c1cc(-c2ccc3ccc4c(-c5cccnc5)cc(-c5ccc(-c6nc(C7=CCC=CC=C7)cc(-c7ccc(-c8ccccc8)cc7)n6)cc5)nc4c3n2)cnc#1. The van der Waals surface area contributed by atoms with Gasteiger partial charge >= 0.3 is 0 Å². The van der Waals surface area contributed by atoms with Crippen LogP contribution in [0.15, 0.2) is 182 Å². The number of aromatic nitrogens is 6. The molecule has 0 fully saturated rings. The Hall–Kier alpha value is -7.88. The highest BCUT2D eigenvalue weighted by molar-refractivity contribution is 6.09. The van der Waals surface area contributed by atoms with Crippen LogP contribution in [0.1, 0.15) is 12.1 Å². The molecule has 0 saturated carbocycles. The summed E-state index contributed by atoms with van der Waals surface area (Å²) in [7, 11) is 0. The maximum atomic E-state index is 5.30. The van der Waals surface area contributed by atoms with Gasteiger partial charge < -0.3 is 0 Å². The van der Waals surface area contributed by atoms with Crippen molar-refractivity contribution >= 4 is 27.4 Å². The molecule has 0 radical (unpaired) electrons. The van der Waals surface area contributed by atoms with Crippen LogP contribution in [0.25, 0.3) is 94.8 Å². The van der Waals surface area contributed by atoms with E-state index in [0.29, 0.717) is 5.82 Å². The van der Waals surface area contributed by atoms with Crippen LogP contribution in [-0.4, -0.2) is 29.9 Å². The monoisotopic (exact) mass is 728 g/mol. The summed E-state index contributed by atoms with van der Waals surface area (Å²) in [6.45, 7) is 0. The van der Waals surface area contributed by atoms with E-state index in [-0.39, 0.29) is 0 Å². The van der Waals surface area contributed by atoms with Crippen molar-refractivity contribution in [2.45, 2.75) is 6.42 Å². The van der Waals surface area contributed by atoms with Crippen LogP contribution in [-0.2, 0) is 0 Å². The molecule has 1 aliphatic rings. The normalized spacial score (nSPS) is 12.3. The highest BCUT2D eigenvalue weighted by Crippen LogP contribution is 2.36. The zero-order valence-corrected chi connectivity index (χ0v) is 30.7. The number of hydrogen-bond donors (Lipinski definition) is 0. The van der Waals surface area contributed by atoms with E-state index < -0.39 is 0 Å². The number of rotatable bonds is 7. The molecule has 5 heterocycles. The zero-order chi connectivity index (χ0) is 38.0. The van der Waals surface area contributed by atoms with Crippen LogP contribution in [0.2, 0.25) is 0 Å². The molecule has 0 atom stereocenters. The second-order valence-corrected chi connectivity index (χ2v) is 13.8. The lowest BCUT2D eigenvalue weighted by Crippen LogP contribution is -1.98. The molecular weight excluding hydrogens is 697 g/mol. The van der Waals surface area contributed by atoms with Crippen molar-refractivity contribution < 1.29 is 0 Å². The van der Waals surface area contributed by atoms with Gasteiger partial charge in [-0.25, -0.2) is 24.9 Å². The van der Waals surface area contributed by atoms with Gasteiger partial charge in [0.1, 0.15) is 0 Å². The number of fused-ring (bicyclic) bond motifs is 3. The van der Waals surface area contributed by atoms with Crippen molar-refractivity contribution in [2.24, 2.45) is 0 Å². The summed E-state index contributed by atoms with van der Waals surface area (Å²) in [5.41, 5.74) is 14.2. The summed E-state index contributed by atoms with van der Waals surface area (Å²) >= 11 is 0. The molecule has 0 bridgehead atoms. The quantitative estimate of drug-likeness (QED) is 0.152. The standard InChI is InChI=1S/C51H32N6/c1-2-5-13-36(12-4-1)47-31-48(38-18-16-35(17-19-38)34-10-6-3-7-11-34)57-51(56-47)40-22-20-37(21-23-40)46-30-44(41-14-8-28-52-32-41)43-26-24-39-25-27-45(42-15-9-29-53-33-42)54-49(39)50(43)55-46/h1-4,6-8,10-28,30-33H,5H2. The van der Waals surface area contributed by atoms with Crippen molar-refractivity contribution in [2.75, 3.05) is 0 Å². The van der Waals surface area contributed by atoms with E-state index in [1.54, 1.807) is 12.4 Å². The van der Waals surface area contributed by atoms with Gasteiger partial charge in [0.15, 0.2) is 5.82 Å². The van der Waals surface area contributed by atoms with Crippen LogP contribution in [0.4, 0.5) is 0 Å². The molecule has 10 rings (SSSR count).